The van der Waals surface area contributed by atoms with Crippen molar-refractivity contribution in [3.05, 3.63) is 89.4 Å². The maximum atomic E-state index is 12.0. The molecule has 0 atom stereocenters. The molecule has 0 unspecified atom stereocenters. The van der Waals surface area contributed by atoms with Gasteiger partial charge in [0.1, 0.15) is 18.1 Å². The van der Waals surface area contributed by atoms with Gasteiger partial charge in [0.2, 0.25) is 0 Å². The van der Waals surface area contributed by atoms with E-state index in [1.165, 1.54) is 4.57 Å². The van der Waals surface area contributed by atoms with E-state index in [9.17, 15) is 4.79 Å². The van der Waals surface area contributed by atoms with Crippen molar-refractivity contribution in [3.8, 4) is 28.0 Å². The molecule has 31 heavy (non-hydrogen) atoms. The van der Waals surface area contributed by atoms with Crippen molar-refractivity contribution in [2.24, 2.45) is 14.1 Å². The summed E-state index contributed by atoms with van der Waals surface area (Å²) >= 11 is 0. The van der Waals surface area contributed by atoms with Crippen molar-refractivity contribution in [3.63, 3.8) is 0 Å². The van der Waals surface area contributed by atoms with Crippen LogP contribution in [-0.4, -0.2) is 24.3 Å². The van der Waals surface area contributed by atoms with E-state index in [1.807, 2.05) is 54.3 Å². The summed E-state index contributed by atoms with van der Waals surface area (Å²) in [7, 11) is 3.72. The summed E-state index contributed by atoms with van der Waals surface area (Å²) in [5.41, 5.74) is 6.60. The zero-order valence-corrected chi connectivity index (χ0v) is 17.2. The molecule has 2 aromatic carbocycles. The predicted molar refractivity (Wildman–Crippen MR) is 120 cm³/mol. The van der Waals surface area contributed by atoms with Gasteiger partial charge in [0.25, 0.3) is 5.56 Å². The summed E-state index contributed by atoms with van der Waals surface area (Å²) < 4.78 is 9.51. The molecule has 5 aromatic rings. The first-order valence-electron chi connectivity index (χ1n) is 9.93. The highest BCUT2D eigenvalue weighted by Gasteiger charge is 2.11. The lowest BCUT2D eigenvalue weighted by Gasteiger charge is -2.08. The van der Waals surface area contributed by atoms with Crippen molar-refractivity contribution in [1.82, 2.24) is 24.3 Å². The number of rotatable bonds is 5. The number of nitrogens with one attached hydrogen (secondary N) is 1. The first kappa shape index (κ1) is 18.9. The average Bonchev–Trinajstić information content (AvgIpc) is 3.41. The van der Waals surface area contributed by atoms with Crippen LogP contribution in [-0.2, 0) is 20.7 Å². The third kappa shape index (κ3) is 3.50. The zero-order valence-electron chi connectivity index (χ0n) is 17.2. The van der Waals surface area contributed by atoms with Crippen LogP contribution < -0.4 is 10.3 Å². The van der Waals surface area contributed by atoms with E-state index in [4.69, 9.17) is 4.74 Å². The Morgan fingerprint density at radius 3 is 2.61 bits per heavy atom. The Morgan fingerprint density at radius 2 is 1.81 bits per heavy atom. The number of para-hydroxylation sites is 1. The SMILES string of the molecule is Cn1ccc(-c2c[nH]nc2COc2ccc(-c3cccc4c3ncn4C)cc2)cc1=O. The molecule has 7 heteroatoms. The molecule has 0 aliphatic heterocycles. The summed E-state index contributed by atoms with van der Waals surface area (Å²) in [5.74, 6) is 0.745. The Hall–Kier alpha value is -4.13. The minimum Gasteiger partial charge on any atom is -0.487 e. The third-order valence-electron chi connectivity index (χ3n) is 5.43. The van der Waals surface area contributed by atoms with Gasteiger partial charge in [0.15, 0.2) is 0 Å². The van der Waals surface area contributed by atoms with Gasteiger partial charge in [-0.2, -0.15) is 5.10 Å². The Kier molecular flexibility index (Phi) is 4.63. The van der Waals surface area contributed by atoms with E-state index in [0.717, 1.165) is 44.7 Å². The fraction of sp³-hybridized carbons (Fsp3) is 0.125. The summed E-state index contributed by atoms with van der Waals surface area (Å²) in [4.78, 5) is 16.5. The second-order valence-corrected chi connectivity index (χ2v) is 7.45. The maximum absolute atomic E-state index is 12.0. The minimum absolute atomic E-state index is 0.0657. The molecule has 3 heterocycles. The van der Waals surface area contributed by atoms with E-state index < -0.39 is 0 Å². The largest absolute Gasteiger partial charge is 0.487 e. The van der Waals surface area contributed by atoms with E-state index in [0.29, 0.717) is 6.61 Å². The first-order chi connectivity index (χ1) is 15.1. The summed E-state index contributed by atoms with van der Waals surface area (Å²) in [5, 5.41) is 7.16. The summed E-state index contributed by atoms with van der Waals surface area (Å²) in [6, 6.07) is 17.6. The Bertz CT molecular complexity index is 1430. The smallest absolute Gasteiger partial charge is 0.250 e. The molecule has 7 nitrogen and oxygen atoms in total. The Balaban J connectivity index is 1.35. The van der Waals surface area contributed by atoms with Crippen molar-refractivity contribution in [2.75, 3.05) is 0 Å². The Labute approximate surface area is 178 Å². The number of hydrogen-bond acceptors (Lipinski definition) is 4. The molecule has 154 valence electrons. The standard InChI is InChI=1S/C24H21N5O2/c1-28-11-10-17(12-23(28)30)20-13-26-27-21(20)14-31-18-8-6-16(7-9-18)19-4-3-5-22-24(19)25-15-29(22)2/h3-13,15H,14H2,1-2H3,(H,26,27). The third-order valence-corrected chi connectivity index (χ3v) is 5.43. The molecule has 0 aliphatic carbocycles. The molecule has 0 saturated heterocycles. The number of imidazole rings is 1. The lowest BCUT2D eigenvalue weighted by molar-refractivity contribution is 0.301. The molecular formula is C24H21N5O2. The van der Waals surface area contributed by atoms with E-state index in [1.54, 1.807) is 25.5 Å². The van der Waals surface area contributed by atoms with Gasteiger partial charge in [-0.15, -0.1) is 0 Å². The molecular weight excluding hydrogens is 390 g/mol. The fourth-order valence-electron chi connectivity index (χ4n) is 3.67. The minimum atomic E-state index is -0.0657. The van der Waals surface area contributed by atoms with Crippen LogP contribution in [0.2, 0.25) is 0 Å². The first-order valence-corrected chi connectivity index (χ1v) is 9.93. The predicted octanol–water partition coefficient (Wildman–Crippen LogP) is 3.91. The Morgan fingerprint density at radius 1 is 0.968 bits per heavy atom. The highest BCUT2D eigenvalue weighted by atomic mass is 16.5. The van der Waals surface area contributed by atoms with Crippen molar-refractivity contribution >= 4 is 11.0 Å². The number of ether oxygens (including phenoxy) is 1. The van der Waals surface area contributed by atoms with Crippen molar-refractivity contribution < 1.29 is 4.74 Å². The number of aryl methyl sites for hydroxylation is 2. The number of aromatic nitrogens is 5. The van der Waals surface area contributed by atoms with Gasteiger partial charge in [-0.05, 0) is 35.4 Å². The van der Waals surface area contributed by atoms with Crippen molar-refractivity contribution in [2.45, 2.75) is 6.61 Å². The number of aromatic amines is 1. The van der Waals surface area contributed by atoms with Crippen molar-refractivity contribution in [1.29, 1.82) is 0 Å². The molecule has 0 spiro atoms. The lowest BCUT2D eigenvalue weighted by Crippen LogP contribution is -2.14. The van der Waals surface area contributed by atoms with Crippen LogP contribution in [0.15, 0.2) is 78.1 Å². The van der Waals surface area contributed by atoms with Gasteiger partial charge in [0.05, 0.1) is 17.4 Å². The fourth-order valence-corrected chi connectivity index (χ4v) is 3.67. The summed E-state index contributed by atoms with van der Waals surface area (Å²) in [6.07, 6.45) is 5.36. The lowest BCUT2D eigenvalue weighted by atomic mass is 10.0. The molecule has 0 saturated carbocycles. The van der Waals surface area contributed by atoms with Gasteiger partial charge in [-0.3, -0.25) is 9.89 Å². The topological polar surface area (TPSA) is 77.7 Å². The van der Waals surface area contributed by atoms with Gasteiger partial charge in [-0.25, -0.2) is 4.98 Å². The second kappa shape index (κ2) is 7.60. The van der Waals surface area contributed by atoms with Crippen LogP contribution in [0.25, 0.3) is 33.3 Å². The van der Waals surface area contributed by atoms with E-state index >= 15 is 0 Å². The number of benzene rings is 2. The monoisotopic (exact) mass is 411 g/mol. The van der Waals surface area contributed by atoms with Crippen LogP contribution in [0.3, 0.4) is 0 Å². The zero-order chi connectivity index (χ0) is 21.4. The summed E-state index contributed by atoms with van der Waals surface area (Å²) in [6.45, 7) is 0.295. The molecule has 0 amide bonds. The number of nitrogens with zero attached hydrogens (tertiary/aromatic N) is 4. The molecule has 0 bridgehead atoms. The highest BCUT2D eigenvalue weighted by molar-refractivity contribution is 5.92. The maximum Gasteiger partial charge on any atom is 0.250 e. The highest BCUT2D eigenvalue weighted by Crippen LogP contribution is 2.29. The average molecular weight is 411 g/mol. The van der Waals surface area contributed by atoms with Gasteiger partial charge in [0, 0.05) is 43.7 Å². The van der Waals surface area contributed by atoms with E-state index in [2.05, 4.69) is 27.3 Å². The van der Waals surface area contributed by atoms with Gasteiger partial charge in [-0.1, -0.05) is 24.3 Å². The quantitative estimate of drug-likeness (QED) is 0.476. The number of pyridine rings is 1. The van der Waals surface area contributed by atoms with Crippen LogP contribution >= 0.6 is 0 Å². The molecule has 5 rings (SSSR count). The van der Waals surface area contributed by atoms with Gasteiger partial charge < -0.3 is 13.9 Å². The number of hydrogen-bond donors (Lipinski definition) is 1. The number of fused-ring (bicyclic) bond motifs is 1. The number of H-pyrrole nitrogens is 1. The van der Waals surface area contributed by atoms with Crippen LogP contribution in [0.5, 0.6) is 5.75 Å². The normalized spacial score (nSPS) is 11.2. The van der Waals surface area contributed by atoms with Crippen LogP contribution in [0.1, 0.15) is 5.69 Å². The molecule has 0 aliphatic rings. The van der Waals surface area contributed by atoms with Gasteiger partial charge >= 0.3 is 0 Å². The molecule has 3 aromatic heterocycles. The van der Waals surface area contributed by atoms with Crippen LogP contribution in [0.4, 0.5) is 0 Å². The second-order valence-electron chi connectivity index (χ2n) is 7.45. The van der Waals surface area contributed by atoms with E-state index in [-0.39, 0.29) is 5.56 Å². The van der Waals surface area contributed by atoms with Crippen LogP contribution in [0, 0.1) is 0 Å². The molecule has 1 N–H and O–H groups in total. The molecule has 0 radical (unpaired) electrons. The molecule has 0 fully saturated rings.